The maximum Gasteiger partial charge on any atom is 0.349 e. The van der Waals surface area contributed by atoms with Crippen LogP contribution in [0.3, 0.4) is 0 Å². The van der Waals surface area contributed by atoms with Gasteiger partial charge in [0.15, 0.2) is 6.61 Å². The molecule has 0 saturated heterocycles. The van der Waals surface area contributed by atoms with Crippen molar-refractivity contribution in [2.45, 2.75) is 0 Å². The van der Waals surface area contributed by atoms with Crippen LogP contribution >= 0.6 is 0 Å². The third kappa shape index (κ3) is 5.11. The van der Waals surface area contributed by atoms with Gasteiger partial charge in [-0.3, -0.25) is 19.7 Å². The first-order valence-electron chi connectivity index (χ1n) is 10.1. The number of benzene rings is 3. The van der Waals surface area contributed by atoms with E-state index in [0.717, 1.165) is 18.3 Å². The highest BCUT2D eigenvalue weighted by Gasteiger charge is 2.20. The number of aromatic nitrogens is 2. The zero-order chi connectivity index (χ0) is 24.9. The van der Waals surface area contributed by atoms with E-state index in [0.29, 0.717) is 15.9 Å². The quantitative estimate of drug-likeness (QED) is 0.237. The maximum atomic E-state index is 13.0. The Balaban J connectivity index is 1.63. The molecule has 1 amide bonds. The van der Waals surface area contributed by atoms with Crippen molar-refractivity contribution in [2.75, 3.05) is 11.9 Å². The predicted octanol–water partition coefficient (Wildman–Crippen LogP) is 2.64. The molecule has 0 unspecified atom stereocenters. The molecule has 0 atom stereocenters. The molecule has 0 radical (unpaired) electrons. The lowest BCUT2D eigenvalue weighted by molar-refractivity contribution is -0.385. The molecule has 35 heavy (non-hydrogen) atoms. The van der Waals surface area contributed by atoms with Gasteiger partial charge in [0.25, 0.3) is 11.5 Å². The molecule has 0 aliphatic rings. The molecular weight excluding hydrogens is 461 g/mol. The third-order valence-electron chi connectivity index (χ3n) is 4.79. The van der Waals surface area contributed by atoms with E-state index in [-0.39, 0.29) is 16.7 Å². The standard InChI is InChI=1S/C23H16FN5O6/c24-15-8-10-16(11-9-15)26-20(30)13-35-21-14(4-3-7-19(21)29(33)34)12-25-28-22(31)17-5-1-2-6-18(17)27-23(28)32/h1-12H,13H2,(H,26,30)(H,27,32). The van der Waals surface area contributed by atoms with Crippen LogP contribution in [0.15, 0.2) is 81.4 Å². The van der Waals surface area contributed by atoms with E-state index in [1.54, 1.807) is 18.2 Å². The van der Waals surface area contributed by atoms with Gasteiger partial charge in [0.1, 0.15) is 5.82 Å². The van der Waals surface area contributed by atoms with Crippen LogP contribution in [0.5, 0.6) is 5.75 Å². The summed E-state index contributed by atoms with van der Waals surface area (Å²) in [5.74, 6) is -1.42. The number of nitro benzene ring substituents is 1. The lowest BCUT2D eigenvalue weighted by Gasteiger charge is -2.10. The topological polar surface area (TPSA) is 149 Å². The number of nitrogens with zero attached hydrogens (tertiary/aromatic N) is 3. The summed E-state index contributed by atoms with van der Waals surface area (Å²) in [6.07, 6.45) is 1.05. The van der Waals surface area contributed by atoms with Crippen molar-refractivity contribution in [1.29, 1.82) is 0 Å². The number of aromatic amines is 1. The highest BCUT2D eigenvalue weighted by atomic mass is 19.1. The number of nitrogens with one attached hydrogen (secondary N) is 2. The number of ether oxygens (including phenoxy) is 1. The summed E-state index contributed by atoms with van der Waals surface area (Å²) < 4.78 is 19.0. The largest absolute Gasteiger partial charge is 0.476 e. The summed E-state index contributed by atoms with van der Waals surface area (Å²) in [5, 5.41) is 18.1. The first-order chi connectivity index (χ1) is 16.8. The van der Waals surface area contributed by atoms with E-state index in [1.807, 2.05) is 0 Å². The van der Waals surface area contributed by atoms with E-state index in [4.69, 9.17) is 4.74 Å². The van der Waals surface area contributed by atoms with E-state index in [9.17, 15) is 28.9 Å². The van der Waals surface area contributed by atoms with Gasteiger partial charge in [0.2, 0.25) is 5.75 Å². The fraction of sp³-hybridized carbons (Fsp3) is 0.0435. The number of carbonyl (C=O) groups excluding carboxylic acids is 1. The number of carbonyl (C=O) groups is 1. The number of nitro groups is 1. The summed E-state index contributed by atoms with van der Waals surface area (Å²) in [5.41, 5.74) is -1.26. The molecule has 0 fully saturated rings. The van der Waals surface area contributed by atoms with Crippen LogP contribution < -0.4 is 21.3 Å². The molecule has 0 spiro atoms. The minimum atomic E-state index is -0.809. The molecule has 0 saturated carbocycles. The maximum absolute atomic E-state index is 13.0. The van der Waals surface area contributed by atoms with Crippen molar-refractivity contribution in [3.8, 4) is 5.75 Å². The van der Waals surface area contributed by atoms with E-state index >= 15 is 0 Å². The molecule has 11 nitrogen and oxygen atoms in total. The Morgan fingerprint density at radius 2 is 1.86 bits per heavy atom. The average Bonchev–Trinajstić information content (AvgIpc) is 2.84. The summed E-state index contributed by atoms with van der Waals surface area (Å²) >= 11 is 0. The van der Waals surface area contributed by atoms with Crippen molar-refractivity contribution >= 4 is 34.4 Å². The first kappa shape index (κ1) is 23.0. The number of hydrogen-bond donors (Lipinski definition) is 2. The summed E-state index contributed by atoms with van der Waals surface area (Å²) in [6, 6.07) is 15.3. The first-order valence-corrected chi connectivity index (χ1v) is 10.1. The van der Waals surface area contributed by atoms with Crippen LogP contribution in [0.1, 0.15) is 5.56 Å². The van der Waals surface area contributed by atoms with Crippen LogP contribution in [0.25, 0.3) is 10.9 Å². The summed E-state index contributed by atoms with van der Waals surface area (Å²) in [6.45, 7) is -0.612. The van der Waals surface area contributed by atoms with E-state index in [1.165, 1.54) is 36.4 Å². The van der Waals surface area contributed by atoms with E-state index < -0.39 is 40.2 Å². The second kappa shape index (κ2) is 9.79. The second-order valence-electron chi connectivity index (χ2n) is 7.13. The number of rotatable bonds is 7. The second-order valence-corrected chi connectivity index (χ2v) is 7.13. The molecule has 0 bridgehead atoms. The van der Waals surface area contributed by atoms with Gasteiger partial charge < -0.3 is 15.0 Å². The van der Waals surface area contributed by atoms with Gasteiger partial charge >= 0.3 is 11.4 Å². The minimum absolute atomic E-state index is 0.0493. The Hall–Kier alpha value is -5.13. The van der Waals surface area contributed by atoms with Crippen molar-refractivity contribution in [1.82, 2.24) is 9.66 Å². The average molecular weight is 477 g/mol. The number of hydrogen-bond acceptors (Lipinski definition) is 7. The molecule has 0 aliphatic carbocycles. The molecule has 0 aliphatic heterocycles. The fourth-order valence-corrected chi connectivity index (χ4v) is 3.19. The van der Waals surface area contributed by atoms with Gasteiger partial charge in [0, 0.05) is 17.3 Å². The Bertz CT molecular complexity index is 1580. The van der Waals surface area contributed by atoms with Crippen LogP contribution in [0.4, 0.5) is 15.8 Å². The zero-order valence-corrected chi connectivity index (χ0v) is 17.8. The summed E-state index contributed by atoms with van der Waals surface area (Å²) in [7, 11) is 0. The third-order valence-corrected chi connectivity index (χ3v) is 4.79. The molecule has 2 N–H and O–H groups in total. The van der Waals surface area contributed by atoms with Crippen LogP contribution in [-0.2, 0) is 4.79 Å². The molecule has 1 heterocycles. The van der Waals surface area contributed by atoms with Gasteiger partial charge in [-0.1, -0.05) is 18.2 Å². The van der Waals surface area contributed by atoms with E-state index in [2.05, 4.69) is 15.4 Å². The van der Waals surface area contributed by atoms with Crippen molar-refractivity contribution in [3.05, 3.63) is 109 Å². The van der Waals surface area contributed by atoms with Gasteiger partial charge in [-0.05, 0) is 42.5 Å². The van der Waals surface area contributed by atoms with Gasteiger partial charge in [0.05, 0.1) is 22.0 Å². The zero-order valence-electron chi connectivity index (χ0n) is 17.8. The predicted molar refractivity (Wildman–Crippen MR) is 125 cm³/mol. The van der Waals surface area contributed by atoms with Gasteiger partial charge in [-0.25, -0.2) is 9.18 Å². The van der Waals surface area contributed by atoms with Crippen LogP contribution in [0.2, 0.25) is 0 Å². The number of para-hydroxylation sites is 2. The normalized spacial score (nSPS) is 11.0. The molecule has 176 valence electrons. The van der Waals surface area contributed by atoms with Gasteiger partial charge in [-0.2, -0.15) is 5.10 Å². The SMILES string of the molecule is O=C(COc1c(C=Nn2c(=O)[nH]c3ccccc3c2=O)cccc1[N+](=O)[O-])Nc1ccc(F)cc1. The van der Waals surface area contributed by atoms with Crippen LogP contribution in [-0.4, -0.2) is 33.3 Å². The fourth-order valence-electron chi connectivity index (χ4n) is 3.19. The molecule has 3 aromatic carbocycles. The Morgan fingerprint density at radius 3 is 2.60 bits per heavy atom. The van der Waals surface area contributed by atoms with Gasteiger partial charge in [-0.15, -0.1) is 4.68 Å². The monoisotopic (exact) mass is 477 g/mol. The smallest absolute Gasteiger partial charge is 0.349 e. The number of anilines is 1. The van der Waals surface area contributed by atoms with Crippen molar-refractivity contribution in [2.24, 2.45) is 5.10 Å². The minimum Gasteiger partial charge on any atom is -0.476 e. The molecule has 4 rings (SSSR count). The number of amides is 1. The molecule has 4 aromatic rings. The molecule has 12 heteroatoms. The highest BCUT2D eigenvalue weighted by molar-refractivity contribution is 5.92. The molecule has 1 aromatic heterocycles. The molecular formula is C23H16FN5O6. The van der Waals surface area contributed by atoms with Crippen molar-refractivity contribution in [3.63, 3.8) is 0 Å². The Morgan fingerprint density at radius 1 is 1.11 bits per heavy atom. The Labute approximate surface area is 195 Å². The Kier molecular flexibility index (Phi) is 6.44. The van der Waals surface area contributed by atoms with Crippen LogP contribution in [0, 0.1) is 15.9 Å². The number of H-pyrrole nitrogens is 1. The number of fused-ring (bicyclic) bond motifs is 1. The lowest BCUT2D eigenvalue weighted by Crippen LogP contribution is -2.32. The highest BCUT2D eigenvalue weighted by Crippen LogP contribution is 2.30. The van der Waals surface area contributed by atoms with Crippen molar-refractivity contribution < 1.29 is 18.8 Å². The summed E-state index contributed by atoms with van der Waals surface area (Å²) in [4.78, 5) is 50.5. The number of halogens is 1. The lowest BCUT2D eigenvalue weighted by atomic mass is 10.2.